The molecule has 4 aromatic rings. The number of rotatable bonds is 8. The van der Waals surface area contributed by atoms with Gasteiger partial charge in [-0.05, 0) is 37.6 Å². The van der Waals surface area contributed by atoms with Crippen LogP contribution in [0.3, 0.4) is 0 Å². The monoisotopic (exact) mass is 558 g/mol. The Hall–Kier alpha value is -4.04. The fourth-order valence-corrected chi connectivity index (χ4v) is 6.33. The van der Waals surface area contributed by atoms with Crippen molar-refractivity contribution in [3.8, 4) is 28.8 Å². The zero-order chi connectivity index (χ0) is 27.7. The molecule has 0 amide bonds. The third kappa shape index (κ3) is 5.29. The molecule has 0 spiro atoms. The number of hydrogen-bond donors (Lipinski definition) is 1. The predicted octanol–water partition coefficient (Wildman–Crippen LogP) is 2.34. The van der Waals surface area contributed by atoms with Gasteiger partial charge in [-0.2, -0.15) is 0 Å². The smallest absolute Gasteiger partial charge is 0.225 e. The van der Waals surface area contributed by atoms with E-state index in [9.17, 15) is 17.9 Å². The van der Waals surface area contributed by atoms with Crippen molar-refractivity contribution in [2.45, 2.75) is 30.5 Å². The molecule has 14 heteroatoms. The molecule has 12 nitrogen and oxygen atoms in total. The van der Waals surface area contributed by atoms with Gasteiger partial charge in [0.1, 0.15) is 28.7 Å². The quantitative estimate of drug-likeness (QED) is 0.340. The first-order chi connectivity index (χ1) is 18.7. The molecule has 1 saturated heterocycles. The zero-order valence-corrected chi connectivity index (χ0v) is 22.3. The average Bonchev–Trinajstić information content (AvgIpc) is 3.53. The number of para-hydroxylation sites is 1. The van der Waals surface area contributed by atoms with Gasteiger partial charge in [0.15, 0.2) is 27.2 Å². The number of ether oxygens (including phenoxy) is 2. The van der Waals surface area contributed by atoms with Gasteiger partial charge >= 0.3 is 0 Å². The molecule has 0 unspecified atom stereocenters. The average molecular weight is 559 g/mol. The highest BCUT2D eigenvalue weighted by atomic mass is 32.2. The lowest BCUT2D eigenvalue weighted by Crippen LogP contribution is -2.49. The van der Waals surface area contributed by atoms with Crippen LogP contribution < -0.4 is 14.4 Å². The van der Waals surface area contributed by atoms with Crippen LogP contribution >= 0.6 is 0 Å². The number of piperidine rings is 1. The molecule has 0 saturated carbocycles. The molecule has 1 aromatic carbocycles. The van der Waals surface area contributed by atoms with Gasteiger partial charge in [0.2, 0.25) is 11.8 Å². The van der Waals surface area contributed by atoms with Gasteiger partial charge in [-0.3, -0.25) is 4.57 Å². The van der Waals surface area contributed by atoms with Crippen molar-refractivity contribution in [3.63, 3.8) is 0 Å². The topological polar surface area (TPSA) is 146 Å². The highest BCUT2D eigenvalue weighted by Crippen LogP contribution is 2.37. The van der Waals surface area contributed by atoms with E-state index in [1.54, 1.807) is 41.8 Å². The van der Waals surface area contributed by atoms with E-state index in [-0.39, 0.29) is 37.1 Å². The van der Waals surface area contributed by atoms with Gasteiger partial charge in [0.25, 0.3) is 0 Å². The molecule has 39 heavy (non-hydrogen) atoms. The van der Waals surface area contributed by atoms with E-state index >= 15 is 0 Å². The van der Waals surface area contributed by atoms with E-state index in [1.165, 1.54) is 19.1 Å². The van der Waals surface area contributed by atoms with E-state index in [1.807, 2.05) is 0 Å². The van der Waals surface area contributed by atoms with Crippen LogP contribution in [0.15, 0.2) is 47.1 Å². The van der Waals surface area contributed by atoms with Crippen LogP contribution in [-0.4, -0.2) is 76.9 Å². The molecule has 4 heterocycles. The number of sulfone groups is 1. The molecule has 206 valence electrons. The summed E-state index contributed by atoms with van der Waals surface area (Å²) in [6, 6.07) is 8.65. The lowest BCUT2D eigenvalue weighted by molar-refractivity contribution is 0.154. The number of benzene rings is 1. The Morgan fingerprint density at radius 3 is 2.38 bits per heavy atom. The summed E-state index contributed by atoms with van der Waals surface area (Å²) in [6.07, 6.45) is 1.04. The number of aliphatic hydroxyl groups is 1. The van der Waals surface area contributed by atoms with Crippen molar-refractivity contribution in [1.82, 2.24) is 24.7 Å². The van der Waals surface area contributed by atoms with Crippen molar-refractivity contribution in [2.75, 3.05) is 32.2 Å². The molecular weight excluding hydrogens is 531 g/mol. The highest BCUT2D eigenvalue weighted by Gasteiger charge is 2.37. The number of nitrogens with zero attached hydrogens (tertiary/aromatic N) is 6. The van der Waals surface area contributed by atoms with Gasteiger partial charge in [-0.25, -0.2) is 22.8 Å². The van der Waals surface area contributed by atoms with Crippen LogP contribution in [0.5, 0.6) is 11.5 Å². The van der Waals surface area contributed by atoms with Crippen LogP contribution in [0.4, 0.5) is 10.3 Å². The van der Waals surface area contributed by atoms with E-state index < -0.39 is 32.8 Å². The van der Waals surface area contributed by atoms with Crippen LogP contribution in [-0.2, 0) is 15.6 Å². The minimum Gasteiger partial charge on any atom is -0.494 e. The number of hydrogen-bond acceptors (Lipinski definition) is 11. The van der Waals surface area contributed by atoms with E-state index in [0.29, 0.717) is 28.7 Å². The van der Waals surface area contributed by atoms with Gasteiger partial charge < -0.3 is 23.9 Å². The second kappa shape index (κ2) is 10.6. The van der Waals surface area contributed by atoms with E-state index in [2.05, 4.69) is 20.2 Å². The largest absolute Gasteiger partial charge is 0.494 e. The van der Waals surface area contributed by atoms with E-state index in [4.69, 9.17) is 13.9 Å². The Morgan fingerprint density at radius 2 is 1.77 bits per heavy atom. The number of methoxy groups -OCH3 is 2. The van der Waals surface area contributed by atoms with Crippen LogP contribution in [0, 0.1) is 12.7 Å². The lowest BCUT2D eigenvalue weighted by atomic mass is 10.1. The van der Waals surface area contributed by atoms with Crippen LogP contribution in [0.1, 0.15) is 18.0 Å². The SMILES string of the molecule is COc1cccc(OC)c1-n1c(CS(=O)(=O)[C@H]2C[C@H](O)CN(c3ncc(F)cn3)C2)nnc1-c1ccc(C)o1. The van der Waals surface area contributed by atoms with Crippen molar-refractivity contribution in [1.29, 1.82) is 0 Å². The first-order valence-electron chi connectivity index (χ1n) is 12.0. The molecule has 1 fully saturated rings. The molecule has 0 radical (unpaired) electrons. The summed E-state index contributed by atoms with van der Waals surface area (Å²) in [7, 11) is -0.936. The molecule has 0 aliphatic carbocycles. The molecule has 1 N–H and O–H groups in total. The zero-order valence-electron chi connectivity index (χ0n) is 21.5. The maximum absolute atomic E-state index is 13.8. The first kappa shape index (κ1) is 26.6. The molecule has 1 aliphatic rings. The molecular formula is C25H27FN6O6S. The maximum atomic E-state index is 13.8. The summed E-state index contributed by atoms with van der Waals surface area (Å²) in [5.41, 5.74) is 0.409. The Balaban J connectivity index is 1.55. The number of β-amino-alcohol motifs (C(OH)–C–C–N with tert-alkyl or cyclic N) is 1. The molecule has 2 atom stereocenters. The number of aliphatic hydroxyl groups excluding tert-OH is 1. The third-order valence-corrected chi connectivity index (χ3v) is 8.45. The second-order valence-electron chi connectivity index (χ2n) is 9.12. The Kier molecular flexibility index (Phi) is 7.23. The molecule has 1 aliphatic heterocycles. The van der Waals surface area contributed by atoms with E-state index in [0.717, 1.165) is 12.4 Å². The Morgan fingerprint density at radius 1 is 1.08 bits per heavy atom. The summed E-state index contributed by atoms with van der Waals surface area (Å²) in [4.78, 5) is 9.40. The van der Waals surface area contributed by atoms with Crippen molar-refractivity contribution >= 4 is 15.8 Å². The minimum absolute atomic E-state index is 0.0103. The number of anilines is 1. The highest BCUT2D eigenvalue weighted by molar-refractivity contribution is 7.91. The summed E-state index contributed by atoms with van der Waals surface area (Å²) >= 11 is 0. The fraction of sp³-hybridized carbons (Fsp3) is 0.360. The first-order valence-corrected chi connectivity index (χ1v) is 13.8. The fourth-order valence-electron chi connectivity index (χ4n) is 4.63. The Labute approximate surface area is 224 Å². The predicted molar refractivity (Wildman–Crippen MR) is 138 cm³/mol. The number of furan rings is 1. The third-order valence-electron chi connectivity index (χ3n) is 6.43. The molecule has 5 rings (SSSR count). The molecule has 0 bridgehead atoms. The summed E-state index contributed by atoms with van der Waals surface area (Å²) < 4.78 is 59.4. The number of halogens is 1. The van der Waals surface area contributed by atoms with Crippen molar-refractivity contribution in [3.05, 3.63) is 60.1 Å². The standard InChI is InChI=1S/C25H27FN6O6S/c1-15-7-8-21(38-15)24-30-29-22(32(24)23-19(36-2)5-4-6-20(23)37-3)14-39(34,35)18-9-17(33)12-31(13-18)25-27-10-16(26)11-28-25/h4-8,10-11,17-18,33H,9,12-14H2,1-3H3/t17-,18-/m0/s1. The van der Waals surface area contributed by atoms with Crippen LogP contribution in [0.2, 0.25) is 0 Å². The van der Waals surface area contributed by atoms with Crippen LogP contribution in [0.25, 0.3) is 17.3 Å². The number of aryl methyl sites for hydroxylation is 1. The number of aromatic nitrogens is 5. The Bertz CT molecular complexity index is 1550. The minimum atomic E-state index is -3.92. The normalized spacial score (nSPS) is 17.8. The molecule has 3 aromatic heterocycles. The van der Waals surface area contributed by atoms with Gasteiger partial charge in [-0.1, -0.05) is 6.07 Å². The summed E-state index contributed by atoms with van der Waals surface area (Å²) in [5.74, 6) is 1.21. The summed E-state index contributed by atoms with van der Waals surface area (Å²) in [6.45, 7) is 1.92. The second-order valence-corrected chi connectivity index (χ2v) is 11.4. The lowest BCUT2D eigenvalue weighted by Gasteiger charge is -2.35. The van der Waals surface area contributed by atoms with Crippen molar-refractivity contribution in [2.24, 2.45) is 0 Å². The van der Waals surface area contributed by atoms with Gasteiger partial charge in [0.05, 0.1) is 38.0 Å². The maximum Gasteiger partial charge on any atom is 0.225 e. The van der Waals surface area contributed by atoms with Gasteiger partial charge in [0, 0.05) is 13.1 Å². The van der Waals surface area contributed by atoms with Crippen molar-refractivity contribution < 1.29 is 31.8 Å². The summed E-state index contributed by atoms with van der Waals surface area (Å²) in [5, 5.41) is 18.0. The van der Waals surface area contributed by atoms with Gasteiger partial charge in [-0.15, -0.1) is 10.2 Å².